The molecule has 0 aromatic carbocycles. The lowest BCUT2D eigenvalue weighted by Crippen LogP contribution is -2.39. The fraction of sp³-hybridized carbons (Fsp3) is 1.00. The van der Waals surface area contributed by atoms with Crippen LogP contribution in [0.4, 0.5) is 0 Å². The standard InChI is InChI=1S/C7H15ClN2/c1-6(10(2)8)7-4-3-5-9-7/h6-7,9H,3-5H2,1-2H3. The molecule has 0 aromatic rings. The Kier molecular flexibility index (Phi) is 2.96. The van der Waals surface area contributed by atoms with Crippen LogP contribution in [0.25, 0.3) is 0 Å². The second-order valence-corrected chi connectivity index (χ2v) is 3.50. The first-order valence-corrected chi connectivity index (χ1v) is 4.17. The third kappa shape index (κ3) is 1.84. The minimum Gasteiger partial charge on any atom is -0.312 e. The van der Waals surface area contributed by atoms with Crippen LogP contribution in [0.2, 0.25) is 0 Å². The average Bonchev–Trinajstić information content (AvgIpc) is 2.36. The van der Waals surface area contributed by atoms with Crippen molar-refractivity contribution in [2.75, 3.05) is 13.6 Å². The fourth-order valence-electron chi connectivity index (χ4n) is 1.37. The Morgan fingerprint density at radius 2 is 2.40 bits per heavy atom. The molecule has 0 amide bonds. The molecule has 0 spiro atoms. The second kappa shape index (κ2) is 3.56. The third-order valence-electron chi connectivity index (χ3n) is 2.24. The van der Waals surface area contributed by atoms with Crippen molar-refractivity contribution in [2.45, 2.75) is 31.8 Å². The molecule has 3 heteroatoms. The minimum absolute atomic E-state index is 0.448. The summed E-state index contributed by atoms with van der Waals surface area (Å²) in [5, 5.41) is 3.41. The molecular weight excluding hydrogens is 148 g/mol. The maximum Gasteiger partial charge on any atom is 0.0373 e. The number of hydrogen-bond acceptors (Lipinski definition) is 2. The average molecular weight is 163 g/mol. The molecule has 0 radical (unpaired) electrons. The van der Waals surface area contributed by atoms with Gasteiger partial charge in [-0.15, -0.1) is 0 Å². The Hall–Kier alpha value is 0.210. The van der Waals surface area contributed by atoms with E-state index in [0.29, 0.717) is 12.1 Å². The van der Waals surface area contributed by atoms with Crippen LogP contribution in [0.1, 0.15) is 19.8 Å². The van der Waals surface area contributed by atoms with Gasteiger partial charge >= 0.3 is 0 Å². The normalized spacial score (nSPS) is 29.4. The van der Waals surface area contributed by atoms with Gasteiger partial charge in [-0.2, -0.15) is 0 Å². The topological polar surface area (TPSA) is 15.3 Å². The van der Waals surface area contributed by atoms with E-state index in [4.69, 9.17) is 11.8 Å². The SMILES string of the molecule is CC(C1CCCN1)N(C)Cl. The summed E-state index contributed by atoms with van der Waals surface area (Å²) in [5.41, 5.74) is 0. The molecule has 1 aliphatic rings. The summed E-state index contributed by atoms with van der Waals surface area (Å²) < 4.78 is 1.75. The Bertz CT molecular complexity index is 99.8. The fourth-order valence-corrected chi connectivity index (χ4v) is 1.51. The van der Waals surface area contributed by atoms with E-state index in [1.165, 1.54) is 12.8 Å². The first-order chi connectivity index (χ1) is 4.72. The predicted octanol–water partition coefficient (Wildman–Crippen LogP) is 1.21. The summed E-state index contributed by atoms with van der Waals surface area (Å²) in [6, 6.07) is 1.05. The molecule has 0 aliphatic carbocycles. The van der Waals surface area contributed by atoms with E-state index in [0.717, 1.165) is 6.54 Å². The highest BCUT2D eigenvalue weighted by molar-refractivity contribution is 6.13. The quantitative estimate of drug-likeness (QED) is 0.615. The molecule has 1 aliphatic heterocycles. The molecule has 0 bridgehead atoms. The lowest BCUT2D eigenvalue weighted by Gasteiger charge is -2.23. The molecule has 2 nitrogen and oxygen atoms in total. The van der Waals surface area contributed by atoms with Gasteiger partial charge in [0, 0.05) is 19.1 Å². The molecule has 2 unspecified atom stereocenters. The summed E-state index contributed by atoms with van der Waals surface area (Å²) in [6.07, 6.45) is 2.55. The van der Waals surface area contributed by atoms with Gasteiger partial charge in [0.1, 0.15) is 0 Å². The highest BCUT2D eigenvalue weighted by Gasteiger charge is 2.22. The first-order valence-electron chi connectivity index (χ1n) is 3.84. The number of halogens is 1. The van der Waals surface area contributed by atoms with E-state index in [-0.39, 0.29) is 0 Å². The number of rotatable bonds is 2. The molecule has 1 rings (SSSR count). The Morgan fingerprint density at radius 1 is 1.70 bits per heavy atom. The molecular formula is C7H15ClN2. The van der Waals surface area contributed by atoms with Crippen molar-refractivity contribution in [2.24, 2.45) is 0 Å². The summed E-state index contributed by atoms with van der Waals surface area (Å²) in [5.74, 6) is 0. The van der Waals surface area contributed by atoms with Crippen LogP contribution in [-0.4, -0.2) is 30.1 Å². The van der Waals surface area contributed by atoms with Gasteiger partial charge in [0.25, 0.3) is 0 Å². The van der Waals surface area contributed by atoms with Crippen molar-refractivity contribution >= 4 is 11.8 Å². The third-order valence-corrected chi connectivity index (χ3v) is 2.55. The highest BCUT2D eigenvalue weighted by Crippen LogP contribution is 2.13. The van der Waals surface area contributed by atoms with Crippen molar-refractivity contribution < 1.29 is 0 Å². The number of hydrogen-bond donors (Lipinski definition) is 1. The monoisotopic (exact) mass is 162 g/mol. The molecule has 0 aromatic heterocycles. The summed E-state index contributed by atoms with van der Waals surface area (Å²) >= 11 is 5.80. The first kappa shape index (κ1) is 8.31. The molecule has 0 saturated carbocycles. The summed E-state index contributed by atoms with van der Waals surface area (Å²) in [7, 11) is 1.91. The zero-order valence-corrected chi connectivity index (χ0v) is 7.36. The Morgan fingerprint density at radius 3 is 2.80 bits per heavy atom. The van der Waals surface area contributed by atoms with Gasteiger partial charge in [0.15, 0.2) is 0 Å². The van der Waals surface area contributed by atoms with Crippen LogP contribution in [0.5, 0.6) is 0 Å². The summed E-state index contributed by atoms with van der Waals surface area (Å²) in [6.45, 7) is 3.30. The van der Waals surface area contributed by atoms with Gasteiger partial charge in [0.05, 0.1) is 0 Å². The van der Waals surface area contributed by atoms with Crippen LogP contribution in [0, 0.1) is 0 Å². The van der Waals surface area contributed by atoms with Gasteiger partial charge < -0.3 is 5.32 Å². The number of nitrogens with one attached hydrogen (secondary N) is 1. The van der Waals surface area contributed by atoms with Crippen LogP contribution in [-0.2, 0) is 0 Å². The van der Waals surface area contributed by atoms with Crippen molar-refractivity contribution in [1.29, 1.82) is 0 Å². The van der Waals surface area contributed by atoms with E-state index >= 15 is 0 Å². The van der Waals surface area contributed by atoms with Gasteiger partial charge in [-0.05, 0) is 38.1 Å². The van der Waals surface area contributed by atoms with Gasteiger partial charge in [-0.3, -0.25) is 0 Å². The van der Waals surface area contributed by atoms with Gasteiger partial charge in [-0.1, -0.05) is 0 Å². The zero-order valence-electron chi connectivity index (χ0n) is 6.60. The molecule has 2 atom stereocenters. The van der Waals surface area contributed by atoms with Crippen molar-refractivity contribution in [1.82, 2.24) is 9.74 Å². The number of likely N-dealkylation sites (N-methyl/N-ethyl adjacent to an activating group) is 1. The summed E-state index contributed by atoms with van der Waals surface area (Å²) in [4.78, 5) is 0. The van der Waals surface area contributed by atoms with Crippen LogP contribution in [0.15, 0.2) is 0 Å². The lowest BCUT2D eigenvalue weighted by molar-refractivity contribution is 0.338. The second-order valence-electron chi connectivity index (χ2n) is 2.97. The molecule has 1 saturated heterocycles. The van der Waals surface area contributed by atoms with E-state index in [1.807, 2.05) is 7.05 Å². The Labute approximate surface area is 67.6 Å². The Balaban J connectivity index is 2.32. The van der Waals surface area contributed by atoms with Crippen LogP contribution >= 0.6 is 11.8 Å². The van der Waals surface area contributed by atoms with Crippen LogP contribution < -0.4 is 5.32 Å². The van der Waals surface area contributed by atoms with E-state index in [1.54, 1.807) is 4.42 Å². The number of nitrogens with zero attached hydrogens (tertiary/aromatic N) is 1. The van der Waals surface area contributed by atoms with E-state index in [2.05, 4.69) is 12.2 Å². The maximum atomic E-state index is 5.80. The maximum absolute atomic E-state index is 5.80. The van der Waals surface area contributed by atoms with Crippen LogP contribution in [0.3, 0.4) is 0 Å². The van der Waals surface area contributed by atoms with Crippen molar-refractivity contribution in [3.05, 3.63) is 0 Å². The molecule has 1 N–H and O–H groups in total. The highest BCUT2D eigenvalue weighted by atomic mass is 35.5. The zero-order chi connectivity index (χ0) is 7.56. The van der Waals surface area contributed by atoms with Gasteiger partial charge in [0.2, 0.25) is 0 Å². The van der Waals surface area contributed by atoms with E-state index < -0.39 is 0 Å². The molecule has 10 heavy (non-hydrogen) atoms. The van der Waals surface area contributed by atoms with Crippen molar-refractivity contribution in [3.8, 4) is 0 Å². The minimum atomic E-state index is 0.448. The molecule has 60 valence electrons. The smallest absolute Gasteiger partial charge is 0.0373 e. The van der Waals surface area contributed by atoms with Gasteiger partial charge in [-0.25, -0.2) is 4.42 Å². The van der Waals surface area contributed by atoms with Crippen molar-refractivity contribution in [3.63, 3.8) is 0 Å². The predicted molar refractivity (Wildman–Crippen MR) is 44.1 cm³/mol. The van der Waals surface area contributed by atoms with E-state index in [9.17, 15) is 0 Å². The molecule has 1 fully saturated rings. The molecule has 1 heterocycles. The largest absolute Gasteiger partial charge is 0.312 e. The lowest BCUT2D eigenvalue weighted by atomic mass is 10.1.